The Morgan fingerprint density at radius 2 is 1.53 bits per heavy atom. The van der Waals surface area contributed by atoms with Crippen LogP contribution < -0.4 is 0 Å². The molecular formula is C13H5Br3F2O. The molecule has 0 radical (unpaired) electrons. The fourth-order valence-electron chi connectivity index (χ4n) is 1.52. The van der Waals surface area contributed by atoms with E-state index >= 15 is 0 Å². The number of hydrogen-bond donors (Lipinski definition) is 0. The van der Waals surface area contributed by atoms with Crippen molar-refractivity contribution in [3.63, 3.8) is 0 Å². The van der Waals surface area contributed by atoms with Gasteiger partial charge in [-0.25, -0.2) is 8.78 Å². The zero-order valence-electron chi connectivity index (χ0n) is 9.18. The summed E-state index contributed by atoms with van der Waals surface area (Å²) in [7, 11) is 0. The molecule has 2 aromatic carbocycles. The Hall–Kier alpha value is -0.590. The Kier molecular flexibility index (Phi) is 4.53. The Labute approximate surface area is 133 Å². The van der Waals surface area contributed by atoms with Gasteiger partial charge in [-0.2, -0.15) is 0 Å². The molecule has 0 aromatic heterocycles. The minimum absolute atomic E-state index is 0.0172. The number of benzene rings is 2. The van der Waals surface area contributed by atoms with Crippen molar-refractivity contribution in [2.24, 2.45) is 0 Å². The molecule has 1 nitrogen and oxygen atoms in total. The van der Waals surface area contributed by atoms with Gasteiger partial charge < -0.3 is 0 Å². The van der Waals surface area contributed by atoms with Gasteiger partial charge >= 0.3 is 0 Å². The molecule has 6 heteroatoms. The van der Waals surface area contributed by atoms with Gasteiger partial charge in [0.15, 0.2) is 5.78 Å². The minimum Gasteiger partial charge on any atom is -0.288 e. The van der Waals surface area contributed by atoms with Crippen LogP contribution in [0.5, 0.6) is 0 Å². The average Bonchev–Trinajstić information content (AvgIpc) is 2.33. The quantitative estimate of drug-likeness (QED) is 0.433. The molecule has 0 aliphatic carbocycles. The summed E-state index contributed by atoms with van der Waals surface area (Å²) < 4.78 is 28.4. The van der Waals surface area contributed by atoms with E-state index in [0.29, 0.717) is 4.47 Å². The fourth-order valence-corrected chi connectivity index (χ4v) is 3.06. The third-order valence-corrected chi connectivity index (χ3v) is 4.19. The third-order valence-electron chi connectivity index (χ3n) is 2.43. The Bertz CT molecular complexity index is 671. The van der Waals surface area contributed by atoms with E-state index in [1.807, 2.05) is 0 Å². The highest BCUT2D eigenvalue weighted by molar-refractivity contribution is 9.11. The van der Waals surface area contributed by atoms with Crippen LogP contribution in [0.2, 0.25) is 0 Å². The lowest BCUT2D eigenvalue weighted by Gasteiger charge is -2.06. The lowest BCUT2D eigenvalue weighted by atomic mass is 10.0. The van der Waals surface area contributed by atoms with Crippen LogP contribution in [0.1, 0.15) is 15.9 Å². The molecule has 0 aliphatic rings. The zero-order chi connectivity index (χ0) is 14.2. The number of rotatable bonds is 2. The van der Waals surface area contributed by atoms with Gasteiger partial charge in [0.25, 0.3) is 0 Å². The Morgan fingerprint density at radius 1 is 0.842 bits per heavy atom. The third kappa shape index (κ3) is 3.12. The average molecular weight is 455 g/mol. The first-order chi connectivity index (χ1) is 8.90. The van der Waals surface area contributed by atoms with Crippen molar-refractivity contribution in [2.75, 3.05) is 0 Å². The number of hydrogen-bond acceptors (Lipinski definition) is 1. The lowest BCUT2D eigenvalue weighted by molar-refractivity contribution is 0.103. The van der Waals surface area contributed by atoms with Crippen LogP contribution in [0, 0.1) is 11.6 Å². The van der Waals surface area contributed by atoms with Crippen LogP contribution in [0.15, 0.2) is 43.7 Å². The van der Waals surface area contributed by atoms with Crippen molar-refractivity contribution >= 4 is 53.6 Å². The van der Waals surface area contributed by atoms with Gasteiger partial charge in [-0.3, -0.25) is 4.79 Å². The smallest absolute Gasteiger partial charge is 0.197 e. The second kappa shape index (κ2) is 5.81. The normalized spacial score (nSPS) is 10.6. The van der Waals surface area contributed by atoms with Crippen LogP contribution in [-0.2, 0) is 0 Å². The molecule has 2 rings (SSSR count). The summed E-state index contributed by atoms with van der Waals surface area (Å²) in [5.41, 5.74) is -0.0347. The molecule has 0 amide bonds. The predicted molar refractivity (Wildman–Crippen MR) is 79.3 cm³/mol. The second-order valence-corrected chi connectivity index (χ2v) is 6.32. The van der Waals surface area contributed by atoms with Gasteiger partial charge in [0.2, 0.25) is 0 Å². The van der Waals surface area contributed by atoms with Gasteiger partial charge in [-0.15, -0.1) is 0 Å². The molecule has 0 N–H and O–H groups in total. The molecule has 0 spiro atoms. The highest BCUT2D eigenvalue weighted by Crippen LogP contribution is 2.27. The van der Waals surface area contributed by atoms with E-state index in [4.69, 9.17) is 0 Å². The highest BCUT2D eigenvalue weighted by Gasteiger charge is 2.19. The molecule has 0 aliphatic heterocycles. The monoisotopic (exact) mass is 452 g/mol. The molecule has 2 aromatic rings. The molecule has 19 heavy (non-hydrogen) atoms. The maximum atomic E-state index is 13.7. The highest BCUT2D eigenvalue weighted by atomic mass is 79.9. The van der Waals surface area contributed by atoms with E-state index < -0.39 is 17.4 Å². The molecule has 0 fully saturated rings. The molecule has 0 saturated carbocycles. The summed E-state index contributed by atoms with van der Waals surface area (Å²) in [4.78, 5) is 12.2. The van der Waals surface area contributed by atoms with Gasteiger partial charge in [0, 0.05) is 14.5 Å². The van der Waals surface area contributed by atoms with E-state index in [1.54, 1.807) is 12.1 Å². The van der Waals surface area contributed by atoms with Crippen molar-refractivity contribution in [1.82, 2.24) is 0 Å². The summed E-state index contributed by atoms with van der Waals surface area (Å²) in [6.07, 6.45) is 0. The van der Waals surface area contributed by atoms with Crippen LogP contribution in [0.25, 0.3) is 0 Å². The van der Waals surface area contributed by atoms with Crippen LogP contribution in [0.3, 0.4) is 0 Å². The summed E-state index contributed by atoms with van der Waals surface area (Å²) in [6, 6.07) is 6.69. The summed E-state index contributed by atoms with van der Waals surface area (Å²) in [6.45, 7) is 0. The van der Waals surface area contributed by atoms with Gasteiger partial charge in [0.05, 0.1) is 10.0 Å². The predicted octanol–water partition coefficient (Wildman–Crippen LogP) is 5.48. The van der Waals surface area contributed by atoms with Crippen LogP contribution in [-0.4, -0.2) is 5.78 Å². The van der Waals surface area contributed by atoms with Crippen LogP contribution >= 0.6 is 47.8 Å². The minimum atomic E-state index is -0.770. The zero-order valence-corrected chi connectivity index (χ0v) is 13.9. The maximum Gasteiger partial charge on any atom is 0.197 e. The standard InChI is InChI=1S/C13H5Br3F2O/c14-6-1-2-7(9(15)3-6)13(19)8-4-12(18)10(16)5-11(8)17/h1-5H. The largest absolute Gasteiger partial charge is 0.288 e. The van der Waals surface area contributed by atoms with Gasteiger partial charge in [-0.05, 0) is 62.2 Å². The topological polar surface area (TPSA) is 17.1 Å². The SMILES string of the molecule is O=C(c1cc(F)c(Br)cc1F)c1ccc(Br)cc1Br. The number of carbonyl (C=O) groups is 1. The first-order valence-electron chi connectivity index (χ1n) is 5.04. The maximum absolute atomic E-state index is 13.7. The van der Waals surface area contributed by atoms with Gasteiger partial charge in [0.1, 0.15) is 11.6 Å². The van der Waals surface area contributed by atoms with Crippen molar-refractivity contribution in [1.29, 1.82) is 0 Å². The fraction of sp³-hybridized carbons (Fsp3) is 0. The van der Waals surface area contributed by atoms with Crippen molar-refractivity contribution in [3.8, 4) is 0 Å². The second-order valence-electron chi connectivity index (χ2n) is 3.70. The number of carbonyl (C=O) groups excluding carboxylic acids is 1. The van der Waals surface area contributed by atoms with Gasteiger partial charge in [-0.1, -0.05) is 15.9 Å². The number of halogens is 5. The molecule has 0 atom stereocenters. The first-order valence-corrected chi connectivity index (χ1v) is 7.42. The summed E-state index contributed by atoms with van der Waals surface area (Å²) >= 11 is 9.35. The van der Waals surface area contributed by atoms with Crippen LogP contribution in [0.4, 0.5) is 8.78 Å². The van der Waals surface area contributed by atoms with Crippen molar-refractivity contribution in [3.05, 3.63) is 66.5 Å². The molecular weight excluding hydrogens is 450 g/mol. The first kappa shape index (κ1) is 14.8. The van der Waals surface area contributed by atoms with E-state index in [1.165, 1.54) is 6.07 Å². The molecule has 98 valence electrons. The van der Waals surface area contributed by atoms with Crippen molar-refractivity contribution in [2.45, 2.75) is 0 Å². The Morgan fingerprint density at radius 3 is 2.16 bits per heavy atom. The molecule has 0 bridgehead atoms. The molecule has 0 saturated heterocycles. The molecule has 0 unspecified atom stereocenters. The van der Waals surface area contributed by atoms with Crippen molar-refractivity contribution < 1.29 is 13.6 Å². The van der Waals surface area contributed by atoms with E-state index in [-0.39, 0.29) is 15.6 Å². The lowest BCUT2D eigenvalue weighted by Crippen LogP contribution is -2.06. The summed E-state index contributed by atoms with van der Waals surface area (Å²) in [5.74, 6) is -2.03. The summed E-state index contributed by atoms with van der Waals surface area (Å²) in [5, 5.41) is 0. The Balaban J connectivity index is 2.53. The number of ketones is 1. The van der Waals surface area contributed by atoms with E-state index in [9.17, 15) is 13.6 Å². The molecule has 0 heterocycles. The van der Waals surface area contributed by atoms with E-state index in [0.717, 1.165) is 16.6 Å². The van der Waals surface area contributed by atoms with E-state index in [2.05, 4.69) is 47.8 Å².